The lowest BCUT2D eigenvalue weighted by molar-refractivity contribution is -0.528. The normalized spacial score (nSPS) is 10.9. The van der Waals surface area contributed by atoms with Crippen LogP contribution in [-0.2, 0) is 6.42 Å². The van der Waals surface area contributed by atoms with Crippen molar-refractivity contribution in [1.29, 1.82) is 5.26 Å². The molecular weight excluding hydrogens is 360 g/mol. The van der Waals surface area contributed by atoms with E-state index < -0.39 is 6.09 Å². The van der Waals surface area contributed by atoms with Crippen LogP contribution in [0, 0.1) is 25.2 Å². The Hall–Kier alpha value is -3.71. The Labute approximate surface area is 169 Å². The number of para-hydroxylation sites is 1. The van der Waals surface area contributed by atoms with Crippen LogP contribution >= 0.6 is 0 Å². The number of pyridine rings is 1. The maximum atomic E-state index is 12.1. The maximum absolute atomic E-state index is 12.1. The van der Waals surface area contributed by atoms with Crippen LogP contribution in [0.5, 0.6) is 0 Å². The van der Waals surface area contributed by atoms with E-state index in [9.17, 15) is 9.90 Å². The molecule has 0 saturated carbocycles. The van der Waals surface area contributed by atoms with Gasteiger partial charge < -0.3 is 5.11 Å². The van der Waals surface area contributed by atoms with Crippen molar-refractivity contribution in [2.45, 2.75) is 26.7 Å². The molecule has 0 unspecified atom stereocenters. The van der Waals surface area contributed by atoms with Crippen LogP contribution in [0.15, 0.2) is 60.7 Å². The van der Waals surface area contributed by atoms with E-state index in [-0.39, 0.29) is 0 Å². The summed E-state index contributed by atoms with van der Waals surface area (Å²) in [5.41, 5.74) is 6.87. The first-order valence-electron chi connectivity index (χ1n) is 9.58. The molecule has 4 rings (SSSR count). The molecular formula is C25H21N2O2+. The molecule has 4 nitrogen and oxygen atoms in total. The maximum Gasteiger partial charge on any atom is 0.600 e. The molecule has 0 aliphatic carbocycles. The molecule has 4 heteroatoms. The second kappa shape index (κ2) is 7.37. The third kappa shape index (κ3) is 3.21. The third-order valence-electron chi connectivity index (χ3n) is 5.38. The molecule has 0 bridgehead atoms. The van der Waals surface area contributed by atoms with E-state index in [4.69, 9.17) is 5.26 Å². The molecule has 1 heterocycles. The predicted octanol–water partition coefficient (Wildman–Crippen LogP) is 5.55. The Morgan fingerprint density at radius 1 is 1.00 bits per heavy atom. The number of carbonyl (C=O) groups is 1. The van der Waals surface area contributed by atoms with Gasteiger partial charge in [0.25, 0.3) is 0 Å². The van der Waals surface area contributed by atoms with Gasteiger partial charge >= 0.3 is 6.09 Å². The Morgan fingerprint density at radius 3 is 2.38 bits per heavy atom. The van der Waals surface area contributed by atoms with Gasteiger partial charge in [0.15, 0.2) is 0 Å². The van der Waals surface area contributed by atoms with Crippen LogP contribution in [0.3, 0.4) is 0 Å². The fourth-order valence-electron chi connectivity index (χ4n) is 4.24. The van der Waals surface area contributed by atoms with Crippen molar-refractivity contribution >= 4 is 27.9 Å². The molecule has 0 fully saturated rings. The summed E-state index contributed by atoms with van der Waals surface area (Å²) in [5.74, 6) is 0. The van der Waals surface area contributed by atoms with Gasteiger partial charge in [0.05, 0.1) is 11.5 Å². The van der Waals surface area contributed by atoms with E-state index in [2.05, 4.69) is 38.1 Å². The highest BCUT2D eigenvalue weighted by Crippen LogP contribution is 2.34. The molecule has 0 atom stereocenters. The van der Waals surface area contributed by atoms with Gasteiger partial charge in [0, 0.05) is 23.9 Å². The van der Waals surface area contributed by atoms with Crippen molar-refractivity contribution in [3.8, 4) is 17.2 Å². The summed E-state index contributed by atoms with van der Waals surface area (Å²) in [6, 6.07) is 21.9. The molecule has 0 saturated heterocycles. The second-order valence-corrected chi connectivity index (χ2v) is 7.32. The lowest BCUT2D eigenvalue weighted by atomic mass is 9.90. The minimum atomic E-state index is -0.996. The zero-order valence-corrected chi connectivity index (χ0v) is 16.4. The van der Waals surface area contributed by atoms with Crippen molar-refractivity contribution in [1.82, 2.24) is 0 Å². The first-order valence-corrected chi connectivity index (χ1v) is 9.58. The summed E-state index contributed by atoms with van der Waals surface area (Å²) in [7, 11) is 0. The zero-order chi connectivity index (χ0) is 20.5. The standard InChI is InChI=1S/C25H20N2O2/c1-16-13-18(7-6-12-26)14-17(2)24(16)20-9-5-11-23-21(20)15-19-8-3-4-10-22(19)27(23)25(28)29/h3-5,8-11,13-15H,6-7H2,1-2H3/p+1. The summed E-state index contributed by atoms with van der Waals surface area (Å²) in [6.07, 6.45) is 0.235. The average Bonchev–Trinajstić information content (AvgIpc) is 2.70. The van der Waals surface area contributed by atoms with Crippen LogP contribution in [0.4, 0.5) is 4.79 Å². The first kappa shape index (κ1) is 18.6. The summed E-state index contributed by atoms with van der Waals surface area (Å²) in [4.78, 5) is 12.1. The van der Waals surface area contributed by atoms with E-state index in [0.29, 0.717) is 17.5 Å². The van der Waals surface area contributed by atoms with Gasteiger partial charge in [-0.2, -0.15) is 10.1 Å². The number of nitriles is 1. The second-order valence-electron chi connectivity index (χ2n) is 7.32. The smallest absolute Gasteiger partial charge is 0.427 e. The number of benzene rings is 3. The van der Waals surface area contributed by atoms with Crippen molar-refractivity contribution in [2.24, 2.45) is 0 Å². The molecule has 29 heavy (non-hydrogen) atoms. The van der Waals surface area contributed by atoms with Gasteiger partial charge in [-0.05, 0) is 60.2 Å². The molecule has 0 spiro atoms. The van der Waals surface area contributed by atoms with Gasteiger partial charge in [0.1, 0.15) is 0 Å². The van der Waals surface area contributed by atoms with Crippen LogP contribution in [0.1, 0.15) is 23.1 Å². The van der Waals surface area contributed by atoms with Crippen LogP contribution in [0.2, 0.25) is 0 Å². The largest absolute Gasteiger partial charge is 0.600 e. The highest BCUT2D eigenvalue weighted by molar-refractivity contribution is 6.00. The van der Waals surface area contributed by atoms with Crippen molar-refractivity contribution in [2.75, 3.05) is 0 Å². The van der Waals surface area contributed by atoms with E-state index in [1.807, 2.05) is 42.5 Å². The Morgan fingerprint density at radius 2 is 1.69 bits per heavy atom. The van der Waals surface area contributed by atoms with E-state index in [0.717, 1.165) is 45.0 Å². The Kier molecular flexibility index (Phi) is 4.74. The lowest BCUT2D eigenvalue weighted by Crippen LogP contribution is -2.43. The molecule has 0 aliphatic rings. The summed E-state index contributed by atoms with van der Waals surface area (Å²) < 4.78 is 1.36. The SMILES string of the molecule is Cc1cc(CCC#N)cc(C)c1-c1cccc2c1cc1ccccc1[n+]2C(=O)O. The highest BCUT2D eigenvalue weighted by atomic mass is 16.4. The number of aryl methyl sites for hydroxylation is 3. The Balaban J connectivity index is 2.04. The van der Waals surface area contributed by atoms with Crippen LogP contribution in [-0.4, -0.2) is 11.2 Å². The number of nitrogens with zero attached hydrogens (tertiary/aromatic N) is 2. The Bertz CT molecular complexity index is 1290. The van der Waals surface area contributed by atoms with Gasteiger partial charge in [-0.25, -0.2) is 0 Å². The fourth-order valence-corrected chi connectivity index (χ4v) is 4.24. The quantitative estimate of drug-likeness (QED) is 0.374. The van der Waals surface area contributed by atoms with E-state index in [1.165, 1.54) is 4.57 Å². The third-order valence-corrected chi connectivity index (χ3v) is 5.38. The van der Waals surface area contributed by atoms with Gasteiger partial charge in [-0.3, -0.25) is 0 Å². The van der Waals surface area contributed by atoms with Crippen molar-refractivity contribution < 1.29 is 14.5 Å². The number of hydrogen-bond donors (Lipinski definition) is 1. The molecule has 0 aliphatic heterocycles. The lowest BCUT2D eigenvalue weighted by Gasteiger charge is -2.14. The summed E-state index contributed by atoms with van der Waals surface area (Å²) in [5, 5.41) is 20.6. The first-order chi connectivity index (χ1) is 14.0. The molecule has 1 N–H and O–H groups in total. The summed E-state index contributed by atoms with van der Waals surface area (Å²) in [6.45, 7) is 4.15. The van der Waals surface area contributed by atoms with Gasteiger partial charge in [-0.1, -0.05) is 41.0 Å². The minimum Gasteiger partial charge on any atom is -0.427 e. The van der Waals surface area contributed by atoms with Crippen LogP contribution < -0.4 is 4.57 Å². The van der Waals surface area contributed by atoms with Crippen molar-refractivity contribution in [3.63, 3.8) is 0 Å². The number of aromatic nitrogens is 1. The van der Waals surface area contributed by atoms with Crippen LogP contribution in [0.25, 0.3) is 32.9 Å². The number of rotatable bonds is 3. The van der Waals surface area contributed by atoms with E-state index in [1.54, 1.807) is 0 Å². The monoisotopic (exact) mass is 381 g/mol. The molecule has 4 aromatic rings. The molecule has 0 radical (unpaired) electrons. The number of hydrogen-bond acceptors (Lipinski definition) is 2. The molecule has 142 valence electrons. The van der Waals surface area contributed by atoms with E-state index >= 15 is 0 Å². The summed E-state index contributed by atoms with van der Waals surface area (Å²) >= 11 is 0. The molecule has 3 aromatic carbocycles. The zero-order valence-electron chi connectivity index (χ0n) is 16.4. The predicted molar refractivity (Wildman–Crippen MR) is 114 cm³/mol. The molecule has 1 aromatic heterocycles. The molecule has 0 amide bonds. The topological polar surface area (TPSA) is 65.0 Å². The van der Waals surface area contributed by atoms with Gasteiger partial charge in [-0.15, -0.1) is 0 Å². The van der Waals surface area contributed by atoms with Gasteiger partial charge in [0.2, 0.25) is 11.0 Å². The number of carboxylic acid groups (broad SMARTS) is 1. The fraction of sp³-hybridized carbons (Fsp3) is 0.160. The minimum absolute atomic E-state index is 0.497. The van der Waals surface area contributed by atoms with Crippen molar-refractivity contribution in [3.05, 3.63) is 77.4 Å². The highest BCUT2D eigenvalue weighted by Gasteiger charge is 2.24. The number of fused-ring (bicyclic) bond motifs is 2. The average molecular weight is 381 g/mol.